The van der Waals surface area contributed by atoms with Crippen molar-refractivity contribution in [2.24, 2.45) is 11.8 Å². The summed E-state index contributed by atoms with van der Waals surface area (Å²) in [5, 5.41) is 2.13. The molecular formula is C19H29NO. The largest absolute Gasteiger partial charge is 0.293 e. The Morgan fingerprint density at radius 3 is 2.62 bits per heavy atom. The van der Waals surface area contributed by atoms with E-state index in [4.69, 9.17) is 4.84 Å². The van der Waals surface area contributed by atoms with Gasteiger partial charge in [-0.1, -0.05) is 30.7 Å². The lowest BCUT2D eigenvalue weighted by molar-refractivity contribution is -0.182. The van der Waals surface area contributed by atoms with E-state index >= 15 is 0 Å². The maximum atomic E-state index is 6.14. The van der Waals surface area contributed by atoms with Crippen LogP contribution in [-0.4, -0.2) is 23.8 Å². The molecule has 1 saturated heterocycles. The van der Waals surface area contributed by atoms with E-state index < -0.39 is 0 Å². The van der Waals surface area contributed by atoms with Gasteiger partial charge in [0.2, 0.25) is 0 Å². The van der Waals surface area contributed by atoms with E-state index in [0.717, 1.165) is 0 Å². The molecule has 1 saturated carbocycles. The topological polar surface area (TPSA) is 12.5 Å². The van der Waals surface area contributed by atoms with Crippen LogP contribution in [0, 0.1) is 25.7 Å². The van der Waals surface area contributed by atoms with Crippen molar-refractivity contribution in [1.29, 1.82) is 0 Å². The lowest BCUT2D eigenvalue weighted by Gasteiger charge is -2.40. The van der Waals surface area contributed by atoms with Gasteiger partial charge in [-0.05, 0) is 63.5 Å². The second kappa shape index (κ2) is 5.10. The Morgan fingerprint density at radius 2 is 1.90 bits per heavy atom. The summed E-state index contributed by atoms with van der Waals surface area (Å²) in [6.07, 6.45) is 2.52. The Labute approximate surface area is 129 Å². The molecule has 3 rings (SSSR count). The third-order valence-electron chi connectivity index (χ3n) is 5.76. The standard InChI is InChI=1S/C19H29NO/c1-12-7-8-13(2)16(9-12)15-10-14(3)18-17(11-15)19(4,5)21-20(18)6/h7-9,14-15,17-18H,10-11H2,1-6H3. The molecule has 0 aromatic heterocycles. The zero-order chi connectivity index (χ0) is 15.4. The number of rotatable bonds is 1. The van der Waals surface area contributed by atoms with Crippen molar-refractivity contribution in [3.8, 4) is 0 Å². The van der Waals surface area contributed by atoms with Crippen LogP contribution in [0.3, 0.4) is 0 Å². The van der Waals surface area contributed by atoms with Gasteiger partial charge in [0.1, 0.15) is 0 Å². The molecule has 21 heavy (non-hydrogen) atoms. The number of fused-ring (bicyclic) bond motifs is 1. The van der Waals surface area contributed by atoms with Crippen molar-refractivity contribution in [3.63, 3.8) is 0 Å². The van der Waals surface area contributed by atoms with Crippen molar-refractivity contribution in [1.82, 2.24) is 5.06 Å². The summed E-state index contributed by atoms with van der Waals surface area (Å²) in [5.74, 6) is 1.98. The molecule has 2 heteroatoms. The van der Waals surface area contributed by atoms with Crippen LogP contribution >= 0.6 is 0 Å². The van der Waals surface area contributed by atoms with E-state index in [0.29, 0.717) is 23.8 Å². The molecule has 4 unspecified atom stereocenters. The number of hydrogen-bond acceptors (Lipinski definition) is 2. The predicted molar refractivity (Wildman–Crippen MR) is 87.3 cm³/mol. The fourth-order valence-corrected chi connectivity index (χ4v) is 4.79. The molecule has 1 aliphatic heterocycles. The van der Waals surface area contributed by atoms with E-state index in [1.165, 1.54) is 24.0 Å². The molecule has 2 fully saturated rings. The smallest absolute Gasteiger partial charge is 0.0887 e. The quantitative estimate of drug-likeness (QED) is 0.756. The fraction of sp³-hybridized carbons (Fsp3) is 0.684. The molecule has 4 atom stereocenters. The van der Waals surface area contributed by atoms with Gasteiger partial charge in [-0.25, -0.2) is 0 Å². The van der Waals surface area contributed by atoms with Crippen LogP contribution < -0.4 is 0 Å². The highest BCUT2D eigenvalue weighted by Gasteiger charge is 2.52. The van der Waals surface area contributed by atoms with Gasteiger partial charge in [-0.3, -0.25) is 4.84 Å². The van der Waals surface area contributed by atoms with Crippen molar-refractivity contribution in [3.05, 3.63) is 34.9 Å². The van der Waals surface area contributed by atoms with Gasteiger partial charge < -0.3 is 0 Å². The Hall–Kier alpha value is -0.860. The Bertz CT molecular complexity index is 536. The van der Waals surface area contributed by atoms with Gasteiger partial charge in [-0.2, -0.15) is 5.06 Å². The molecule has 1 aromatic rings. The minimum Gasteiger partial charge on any atom is -0.293 e. The molecule has 2 nitrogen and oxygen atoms in total. The molecule has 1 aliphatic carbocycles. The number of hydrogen-bond donors (Lipinski definition) is 0. The van der Waals surface area contributed by atoms with Crippen LogP contribution in [0.2, 0.25) is 0 Å². The van der Waals surface area contributed by atoms with Crippen molar-refractivity contribution < 1.29 is 4.84 Å². The summed E-state index contributed by atoms with van der Waals surface area (Å²) in [4.78, 5) is 6.14. The third kappa shape index (κ3) is 2.53. The summed E-state index contributed by atoms with van der Waals surface area (Å²) >= 11 is 0. The van der Waals surface area contributed by atoms with E-state index in [9.17, 15) is 0 Å². The van der Waals surface area contributed by atoms with Crippen LogP contribution in [-0.2, 0) is 4.84 Å². The molecular weight excluding hydrogens is 258 g/mol. The number of aryl methyl sites for hydroxylation is 2. The number of nitrogens with zero attached hydrogens (tertiary/aromatic N) is 1. The van der Waals surface area contributed by atoms with Crippen LogP contribution in [0.25, 0.3) is 0 Å². The SMILES string of the molecule is Cc1ccc(C)c(C2CC(C)C3C(C2)C(C)(C)ON3C)c1. The molecule has 0 radical (unpaired) electrons. The van der Waals surface area contributed by atoms with E-state index in [1.54, 1.807) is 5.56 Å². The van der Waals surface area contributed by atoms with Gasteiger partial charge in [0.15, 0.2) is 0 Å². The summed E-state index contributed by atoms with van der Waals surface area (Å²) in [5.41, 5.74) is 4.35. The first kappa shape index (κ1) is 15.1. The average Bonchev–Trinajstić information content (AvgIpc) is 2.62. The number of benzene rings is 1. The fourth-order valence-electron chi connectivity index (χ4n) is 4.79. The molecule has 0 N–H and O–H groups in total. The number of hydroxylamine groups is 2. The summed E-state index contributed by atoms with van der Waals surface area (Å²) in [6, 6.07) is 7.48. The lowest BCUT2D eigenvalue weighted by Crippen LogP contribution is -2.42. The van der Waals surface area contributed by atoms with E-state index in [2.05, 4.69) is 64.9 Å². The molecule has 1 heterocycles. The molecule has 0 amide bonds. The van der Waals surface area contributed by atoms with Crippen LogP contribution in [0.5, 0.6) is 0 Å². The highest BCUT2D eigenvalue weighted by Crippen LogP contribution is 2.50. The highest BCUT2D eigenvalue weighted by molar-refractivity contribution is 5.34. The first-order valence-electron chi connectivity index (χ1n) is 8.28. The van der Waals surface area contributed by atoms with Crippen LogP contribution in [0.4, 0.5) is 0 Å². The maximum Gasteiger partial charge on any atom is 0.0887 e. The first-order valence-corrected chi connectivity index (χ1v) is 8.28. The molecule has 1 aromatic carbocycles. The minimum absolute atomic E-state index is 0.0376. The van der Waals surface area contributed by atoms with Crippen molar-refractivity contribution >= 4 is 0 Å². The molecule has 0 spiro atoms. The Kier molecular flexibility index (Phi) is 3.66. The van der Waals surface area contributed by atoms with Crippen LogP contribution in [0.15, 0.2) is 18.2 Å². The third-order valence-corrected chi connectivity index (χ3v) is 5.76. The summed E-state index contributed by atoms with van der Waals surface area (Å²) < 4.78 is 0. The lowest BCUT2D eigenvalue weighted by atomic mass is 9.65. The second-order valence-corrected chi connectivity index (χ2v) is 7.84. The molecule has 0 bridgehead atoms. The monoisotopic (exact) mass is 287 g/mol. The van der Waals surface area contributed by atoms with E-state index in [1.807, 2.05) is 0 Å². The first-order chi connectivity index (χ1) is 9.79. The average molecular weight is 287 g/mol. The minimum atomic E-state index is -0.0376. The van der Waals surface area contributed by atoms with Gasteiger partial charge in [-0.15, -0.1) is 0 Å². The summed E-state index contributed by atoms with van der Waals surface area (Å²) in [7, 11) is 2.11. The van der Waals surface area contributed by atoms with Gasteiger partial charge in [0.25, 0.3) is 0 Å². The van der Waals surface area contributed by atoms with Crippen molar-refractivity contribution in [2.45, 2.75) is 65.0 Å². The zero-order valence-corrected chi connectivity index (χ0v) is 14.3. The molecule has 2 aliphatic rings. The van der Waals surface area contributed by atoms with Crippen LogP contribution in [0.1, 0.15) is 56.2 Å². The Balaban J connectivity index is 1.92. The van der Waals surface area contributed by atoms with Gasteiger partial charge >= 0.3 is 0 Å². The van der Waals surface area contributed by atoms with Gasteiger partial charge in [0, 0.05) is 19.0 Å². The maximum absolute atomic E-state index is 6.14. The zero-order valence-electron chi connectivity index (χ0n) is 14.3. The second-order valence-electron chi connectivity index (χ2n) is 7.84. The highest BCUT2D eigenvalue weighted by atomic mass is 16.7. The predicted octanol–water partition coefficient (Wildman–Crippen LogP) is 4.46. The normalized spacial score (nSPS) is 35.7. The Morgan fingerprint density at radius 1 is 1.19 bits per heavy atom. The van der Waals surface area contributed by atoms with E-state index in [-0.39, 0.29) is 5.60 Å². The van der Waals surface area contributed by atoms with Crippen molar-refractivity contribution in [2.75, 3.05) is 7.05 Å². The van der Waals surface area contributed by atoms with Gasteiger partial charge in [0.05, 0.1) is 5.60 Å². The summed E-state index contributed by atoms with van der Waals surface area (Å²) in [6.45, 7) is 11.4. The molecule has 116 valence electrons.